The van der Waals surface area contributed by atoms with Gasteiger partial charge < -0.3 is 15.7 Å². The summed E-state index contributed by atoms with van der Waals surface area (Å²) in [5.74, 6) is 0.237. The van der Waals surface area contributed by atoms with Crippen LogP contribution in [0.4, 0.5) is 10.7 Å². The number of aromatic nitrogens is 3. The molecule has 0 fully saturated rings. The predicted octanol–water partition coefficient (Wildman–Crippen LogP) is 1.39. The quantitative estimate of drug-likeness (QED) is 0.818. The summed E-state index contributed by atoms with van der Waals surface area (Å²) in [7, 11) is 0. The van der Waals surface area contributed by atoms with E-state index in [0.29, 0.717) is 25.2 Å². The van der Waals surface area contributed by atoms with E-state index in [1.807, 2.05) is 25.3 Å². The Morgan fingerprint density at radius 3 is 2.95 bits per heavy atom. The predicted molar refractivity (Wildman–Crippen MR) is 74.3 cm³/mol. The second-order valence-corrected chi connectivity index (χ2v) is 4.88. The molecule has 0 bridgehead atoms. The number of carbonyl (C=O) groups is 1. The fourth-order valence-electron chi connectivity index (χ4n) is 2.46. The molecule has 3 rings (SSSR count). The van der Waals surface area contributed by atoms with Gasteiger partial charge in [0, 0.05) is 24.8 Å². The number of carboxylic acid groups (broad SMARTS) is 1. The smallest absolute Gasteiger partial charge is 0.407 e. The van der Waals surface area contributed by atoms with E-state index in [4.69, 9.17) is 10.8 Å². The van der Waals surface area contributed by atoms with Gasteiger partial charge in [0.2, 0.25) is 5.95 Å². The minimum atomic E-state index is -0.888. The maximum absolute atomic E-state index is 10.9. The molecule has 7 heteroatoms. The van der Waals surface area contributed by atoms with Crippen molar-refractivity contribution in [3.05, 3.63) is 29.5 Å². The van der Waals surface area contributed by atoms with Gasteiger partial charge in [0.15, 0.2) is 5.65 Å². The zero-order valence-electron chi connectivity index (χ0n) is 11.1. The molecule has 0 atom stereocenters. The zero-order chi connectivity index (χ0) is 14.3. The highest BCUT2D eigenvalue weighted by molar-refractivity contribution is 5.78. The lowest BCUT2D eigenvalue weighted by Gasteiger charge is -2.24. The van der Waals surface area contributed by atoms with Crippen LogP contribution in [0.1, 0.15) is 17.5 Å². The maximum Gasteiger partial charge on any atom is 0.407 e. The van der Waals surface area contributed by atoms with Crippen LogP contribution in [0.2, 0.25) is 0 Å². The van der Waals surface area contributed by atoms with Crippen molar-refractivity contribution in [3.63, 3.8) is 0 Å². The molecule has 20 heavy (non-hydrogen) atoms. The van der Waals surface area contributed by atoms with Crippen molar-refractivity contribution < 1.29 is 9.90 Å². The van der Waals surface area contributed by atoms with Crippen LogP contribution in [0.25, 0.3) is 11.2 Å². The number of pyridine rings is 1. The number of nitrogen functional groups attached to an aromatic ring is 1. The standard InChI is InChI=1S/C13H15N5O2/c1-8-6-10(11-15-12(14)16-18(11)7-8)9-2-4-17(5-3-9)13(19)20/h2,6-7H,3-5H2,1H3,(H2,14,16)(H,19,20). The molecule has 3 N–H and O–H groups in total. The van der Waals surface area contributed by atoms with Gasteiger partial charge in [0.05, 0.1) is 0 Å². The van der Waals surface area contributed by atoms with E-state index >= 15 is 0 Å². The van der Waals surface area contributed by atoms with Crippen molar-refractivity contribution in [2.45, 2.75) is 13.3 Å². The Labute approximate surface area is 115 Å². The molecule has 3 heterocycles. The molecule has 2 aromatic rings. The number of nitrogens with two attached hydrogens (primary N) is 1. The van der Waals surface area contributed by atoms with E-state index in [1.165, 1.54) is 4.90 Å². The van der Waals surface area contributed by atoms with Crippen LogP contribution in [0.5, 0.6) is 0 Å². The third kappa shape index (κ3) is 2.07. The summed E-state index contributed by atoms with van der Waals surface area (Å²) in [6.07, 6.45) is 3.58. The Hall–Kier alpha value is -2.57. The number of fused-ring (bicyclic) bond motifs is 1. The van der Waals surface area contributed by atoms with Gasteiger partial charge in [0.25, 0.3) is 0 Å². The molecule has 1 amide bonds. The molecule has 0 unspecified atom stereocenters. The Morgan fingerprint density at radius 2 is 2.30 bits per heavy atom. The van der Waals surface area contributed by atoms with Gasteiger partial charge in [-0.2, -0.15) is 4.98 Å². The molecule has 0 aromatic carbocycles. The van der Waals surface area contributed by atoms with Crippen LogP contribution in [-0.4, -0.2) is 43.8 Å². The van der Waals surface area contributed by atoms with E-state index in [2.05, 4.69) is 10.1 Å². The minimum absolute atomic E-state index is 0.237. The highest BCUT2D eigenvalue weighted by atomic mass is 16.4. The lowest BCUT2D eigenvalue weighted by molar-refractivity contribution is 0.150. The first-order valence-electron chi connectivity index (χ1n) is 6.34. The monoisotopic (exact) mass is 273 g/mol. The third-order valence-electron chi connectivity index (χ3n) is 3.41. The molecule has 1 aliphatic heterocycles. The Morgan fingerprint density at radius 1 is 1.50 bits per heavy atom. The van der Waals surface area contributed by atoms with Gasteiger partial charge in [-0.25, -0.2) is 9.31 Å². The summed E-state index contributed by atoms with van der Waals surface area (Å²) in [5, 5.41) is 13.1. The first-order valence-corrected chi connectivity index (χ1v) is 6.34. The van der Waals surface area contributed by atoms with E-state index in [0.717, 1.165) is 16.7 Å². The van der Waals surface area contributed by atoms with Crippen molar-refractivity contribution >= 4 is 23.3 Å². The first-order chi connectivity index (χ1) is 9.54. The average molecular weight is 273 g/mol. The zero-order valence-corrected chi connectivity index (χ0v) is 11.1. The number of anilines is 1. The maximum atomic E-state index is 10.9. The largest absolute Gasteiger partial charge is 0.465 e. The summed E-state index contributed by atoms with van der Waals surface area (Å²) < 4.78 is 1.67. The highest BCUT2D eigenvalue weighted by Crippen LogP contribution is 2.26. The van der Waals surface area contributed by atoms with Crippen molar-refractivity contribution in [3.8, 4) is 0 Å². The van der Waals surface area contributed by atoms with Gasteiger partial charge in [-0.05, 0) is 30.5 Å². The van der Waals surface area contributed by atoms with Gasteiger partial charge in [-0.15, -0.1) is 5.10 Å². The molecule has 1 aliphatic rings. The number of hydrogen-bond acceptors (Lipinski definition) is 4. The van der Waals surface area contributed by atoms with Crippen LogP contribution in [0.15, 0.2) is 18.3 Å². The first kappa shape index (κ1) is 12.5. The molecular formula is C13H15N5O2. The van der Waals surface area contributed by atoms with Crippen LogP contribution >= 0.6 is 0 Å². The molecule has 2 aromatic heterocycles. The summed E-state index contributed by atoms with van der Waals surface area (Å²) in [4.78, 5) is 16.5. The number of aryl methyl sites for hydroxylation is 1. The van der Waals surface area contributed by atoms with Gasteiger partial charge in [0.1, 0.15) is 0 Å². The molecule has 104 valence electrons. The normalized spacial score (nSPS) is 15.4. The van der Waals surface area contributed by atoms with Crippen LogP contribution in [0.3, 0.4) is 0 Å². The van der Waals surface area contributed by atoms with Gasteiger partial charge >= 0.3 is 6.09 Å². The molecule has 0 radical (unpaired) electrons. The van der Waals surface area contributed by atoms with Crippen molar-refractivity contribution in [1.82, 2.24) is 19.5 Å². The highest BCUT2D eigenvalue weighted by Gasteiger charge is 2.19. The summed E-state index contributed by atoms with van der Waals surface area (Å²) in [6, 6.07) is 2.03. The van der Waals surface area contributed by atoms with Crippen molar-refractivity contribution in [2.75, 3.05) is 18.8 Å². The van der Waals surface area contributed by atoms with Gasteiger partial charge in [-0.1, -0.05) is 6.08 Å². The van der Waals surface area contributed by atoms with E-state index in [-0.39, 0.29) is 5.95 Å². The third-order valence-corrected chi connectivity index (χ3v) is 3.41. The fraction of sp³-hybridized carbons (Fsp3) is 0.308. The number of nitrogens with zero attached hydrogens (tertiary/aromatic N) is 4. The van der Waals surface area contributed by atoms with E-state index < -0.39 is 6.09 Å². The molecule has 0 saturated carbocycles. The summed E-state index contributed by atoms with van der Waals surface area (Å²) >= 11 is 0. The van der Waals surface area contributed by atoms with Crippen molar-refractivity contribution in [2.24, 2.45) is 0 Å². The SMILES string of the molecule is Cc1cc(C2=CCN(C(=O)O)CC2)c2nc(N)nn2c1. The lowest BCUT2D eigenvalue weighted by Crippen LogP contribution is -2.33. The Balaban J connectivity index is 2.04. The Bertz CT molecular complexity index is 719. The number of hydrogen-bond donors (Lipinski definition) is 2. The molecule has 0 spiro atoms. The average Bonchev–Trinajstić information content (AvgIpc) is 2.78. The number of amides is 1. The van der Waals surface area contributed by atoms with Crippen LogP contribution in [-0.2, 0) is 0 Å². The molecule has 0 aliphatic carbocycles. The lowest BCUT2D eigenvalue weighted by atomic mass is 9.99. The summed E-state index contributed by atoms with van der Waals surface area (Å²) in [5.41, 5.74) is 9.48. The van der Waals surface area contributed by atoms with E-state index in [9.17, 15) is 4.79 Å². The molecule has 0 saturated heterocycles. The fourth-order valence-corrected chi connectivity index (χ4v) is 2.46. The number of rotatable bonds is 1. The van der Waals surface area contributed by atoms with E-state index in [1.54, 1.807) is 4.52 Å². The Kier molecular flexibility index (Phi) is 2.81. The second-order valence-electron chi connectivity index (χ2n) is 4.88. The van der Waals surface area contributed by atoms with Crippen molar-refractivity contribution in [1.29, 1.82) is 0 Å². The summed E-state index contributed by atoms with van der Waals surface area (Å²) in [6.45, 7) is 2.87. The second kappa shape index (κ2) is 4.52. The topological polar surface area (TPSA) is 96.8 Å². The molecule has 7 nitrogen and oxygen atoms in total. The van der Waals surface area contributed by atoms with Crippen LogP contribution in [0, 0.1) is 6.92 Å². The molecular weight excluding hydrogens is 258 g/mol. The van der Waals surface area contributed by atoms with Gasteiger partial charge in [-0.3, -0.25) is 0 Å². The minimum Gasteiger partial charge on any atom is -0.465 e. The van der Waals surface area contributed by atoms with Crippen LogP contribution < -0.4 is 5.73 Å².